The van der Waals surface area contributed by atoms with E-state index in [0.29, 0.717) is 12.5 Å². The lowest BCUT2D eigenvalue weighted by Crippen LogP contribution is -2.30. The molecule has 1 atom stereocenters. The SMILES string of the molecule is CCCC[C@H](Nc1nc(C(F)(F)F)ccc1C#N)C(=O)O. The molecule has 2 N–H and O–H groups in total. The molecule has 8 heteroatoms. The largest absolute Gasteiger partial charge is 0.480 e. The summed E-state index contributed by atoms with van der Waals surface area (Å²) in [6.45, 7) is 1.86. The molecule has 21 heavy (non-hydrogen) atoms. The summed E-state index contributed by atoms with van der Waals surface area (Å²) >= 11 is 0. The normalized spacial score (nSPS) is 12.5. The lowest BCUT2D eigenvalue weighted by Gasteiger charge is -2.16. The number of unbranched alkanes of at least 4 members (excludes halogenated alkanes) is 1. The highest BCUT2D eigenvalue weighted by Gasteiger charge is 2.33. The van der Waals surface area contributed by atoms with Crippen molar-refractivity contribution in [2.75, 3.05) is 5.32 Å². The van der Waals surface area contributed by atoms with Crippen LogP contribution in [0.3, 0.4) is 0 Å². The maximum absolute atomic E-state index is 12.6. The summed E-state index contributed by atoms with van der Waals surface area (Å²) in [6, 6.07) is 2.25. The zero-order valence-electron chi connectivity index (χ0n) is 11.2. The Balaban J connectivity index is 3.09. The molecular formula is C13H14F3N3O2. The Kier molecular flexibility index (Phi) is 5.52. The second-order valence-electron chi connectivity index (χ2n) is 4.38. The van der Waals surface area contributed by atoms with Gasteiger partial charge in [0.2, 0.25) is 0 Å². The number of aliphatic carboxylic acids is 1. The number of carboxylic acid groups (broad SMARTS) is 1. The topological polar surface area (TPSA) is 86.0 Å². The van der Waals surface area contributed by atoms with Gasteiger partial charge in [0.05, 0.1) is 5.56 Å². The smallest absolute Gasteiger partial charge is 0.433 e. The number of pyridine rings is 1. The molecule has 1 aromatic rings. The lowest BCUT2D eigenvalue weighted by atomic mass is 10.1. The average molecular weight is 301 g/mol. The quantitative estimate of drug-likeness (QED) is 0.843. The van der Waals surface area contributed by atoms with Gasteiger partial charge in [-0.2, -0.15) is 18.4 Å². The predicted octanol–water partition coefficient (Wildman–Crippen LogP) is 3.03. The second-order valence-corrected chi connectivity index (χ2v) is 4.38. The molecular weight excluding hydrogens is 287 g/mol. The number of nitrogens with zero attached hydrogens (tertiary/aromatic N) is 2. The van der Waals surface area contributed by atoms with Crippen LogP contribution in [0, 0.1) is 11.3 Å². The lowest BCUT2D eigenvalue weighted by molar-refractivity contribution is -0.141. The monoisotopic (exact) mass is 301 g/mol. The Morgan fingerprint density at radius 2 is 2.19 bits per heavy atom. The Morgan fingerprint density at radius 3 is 2.67 bits per heavy atom. The number of anilines is 1. The fraction of sp³-hybridized carbons (Fsp3) is 0.462. The fourth-order valence-electron chi connectivity index (χ4n) is 1.65. The maximum Gasteiger partial charge on any atom is 0.433 e. The summed E-state index contributed by atoms with van der Waals surface area (Å²) in [6.07, 6.45) is -3.10. The molecule has 0 saturated heterocycles. The van der Waals surface area contributed by atoms with Gasteiger partial charge in [0, 0.05) is 0 Å². The first-order valence-corrected chi connectivity index (χ1v) is 6.27. The molecule has 0 fully saturated rings. The molecule has 0 bridgehead atoms. The van der Waals surface area contributed by atoms with Gasteiger partial charge in [-0.15, -0.1) is 0 Å². The van der Waals surface area contributed by atoms with E-state index in [1.54, 1.807) is 6.07 Å². The van der Waals surface area contributed by atoms with E-state index in [4.69, 9.17) is 10.4 Å². The minimum atomic E-state index is -4.66. The third-order valence-electron chi connectivity index (χ3n) is 2.76. The number of nitrogens with one attached hydrogen (secondary N) is 1. The van der Waals surface area contributed by atoms with Crippen molar-refractivity contribution in [3.8, 4) is 6.07 Å². The molecule has 0 aromatic carbocycles. The molecule has 0 saturated carbocycles. The zero-order chi connectivity index (χ0) is 16.0. The van der Waals surface area contributed by atoms with E-state index in [1.807, 2.05) is 6.92 Å². The number of hydrogen-bond acceptors (Lipinski definition) is 4. The zero-order valence-corrected chi connectivity index (χ0v) is 11.2. The standard InChI is InChI=1S/C13H14F3N3O2/c1-2-3-4-9(12(20)21)18-11-8(7-17)5-6-10(19-11)13(14,15)16/h5-6,9H,2-4H2,1H3,(H,18,19)(H,20,21)/t9-/m0/s1. The van der Waals surface area contributed by atoms with Crippen molar-refractivity contribution in [1.29, 1.82) is 5.26 Å². The number of hydrogen-bond donors (Lipinski definition) is 2. The van der Waals surface area contributed by atoms with Crippen LogP contribution in [0.2, 0.25) is 0 Å². The van der Waals surface area contributed by atoms with Crippen LogP contribution in [0.1, 0.15) is 37.4 Å². The molecule has 0 unspecified atom stereocenters. The minimum absolute atomic E-state index is 0.134. The summed E-state index contributed by atoms with van der Waals surface area (Å²) in [7, 11) is 0. The van der Waals surface area contributed by atoms with Gasteiger partial charge in [-0.3, -0.25) is 0 Å². The summed E-state index contributed by atoms with van der Waals surface area (Å²) < 4.78 is 37.8. The number of carboxylic acids is 1. The van der Waals surface area contributed by atoms with Crippen molar-refractivity contribution in [2.24, 2.45) is 0 Å². The van der Waals surface area contributed by atoms with Gasteiger partial charge in [-0.25, -0.2) is 9.78 Å². The Morgan fingerprint density at radius 1 is 1.52 bits per heavy atom. The Bertz CT molecular complexity index is 553. The number of halogens is 3. The van der Waals surface area contributed by atoms with Crippen LogP contribution in [-0.4, -0.2) is 22.1 Å². The fourth-order valence-corrected chi connectivity index (χ4v) is 1.65. The summed E-state index contributed by atoms with van der Waals surface area (Å²) in [5.41, 5.74) is -1.31. The van der Waals surface area contributed by atoms with E-state index in [-0.39, 0.29) is 17.8 Å². The van der Waals surface area contributed by atoms with Crippen LogP contribution in [0.15, 0.2) is 12.1 Å². The highest BCUT2D eigenvalue weighted by atomic mass is 19.4. The van der Waals surface area contributed by atoms with Crippen LogP contribution >= 0.6 is 0 Å². The third-order valence-corrected chi connectivity index (χ3v) is 2.76. The molecule has 0 radical (unpaired) electrons. The number of carbonyl (C=O) groups is 1. The van der Waals surface area contributed by atoms with E-state index < -0.39 is 23.9 Å². The molecule has 1 rings (SSSR count). The molecule has 0 spiro atoms. The number of nitriles is 1. The van der Waals surface area contributed by atoms with Gasteiger partial charge in [-0.1, -0.05) is 19.8 Å². The summed E-state index contributed by atoms with van der Waals surface area (Å²) in [4.78, 5) is 14.4. The summed E-state index contributed by atoms with van der Waals surface area (Å²) in [5, 5.41) is 20.4. The van der Waals surface area contributed by atoms with Gasteiger partial charge in [0.15, 0.2) is 0 Å². The van der Waals surface area contributed by atoms with Crippen molar-refractivity contribution in [1.82, 2.24) is 4.98 Å². The van der Waals surface area contributed by atoms with E-state index in [1.165, 1.54) is 0 Å². The van der Waals surface area contributed by atoms with Crippen molar-refractivity contribution in [2.45, 2.75) is 38.4 Å². The van der Waals surface area contributed by atoms with Gasteiger partial charge >= 0.3 is 12.1 Å². The van der Waals surface area contributed by atoms with Gasteiger partial charge in [0.1, 0.15) is 23.6 Å². The number of alkyl halides is 3. The van der Waals surface area contributed by atoms with E-state index in [2.05, 4.69) is 10.3 Å². The van der Waals surface area contributed by atoms with Crippen molar-refractivity contribution < 1.29 is 23.1 Å². The van der Waals surface area contributed by atoms with E-state index in [9.17, 15) is 18.0 Å². The number of aromatic nitrogens is 1. The highest BCUT2D eigenvalue weighted by molar-refractivity contribution is 5.77. The first kappa shape index (κ1) is 16.8. The van der Waals surface area contributed by atoms with Gasteiger partial charge < -0.3 is 10.4 Å². The molecule has 0 aliphatic rings. The maximum atomic E-state index is 12.6. The van der Waals surface area contributed by atoms with Gasteiger partial charge in [0.25, 0.3) is 0 Å². The molecule has 0 aliphatic heterocycles. The van der Waals surface area contributed by atoms with Gasteiger partial charge in [-0.05, 0) is 18.6 Å². The highest BCUT2D eigenvalue weighted by Crippen LogP contribution is 2.29. The molecule has 0 amide bonds. The first-order chi connectivity index (χ1) is 9.79. The third kappa shape index (κ3) is 4.63. The first-order valence-electron chi connectivity index (χ1n) is 6.27. The molecule has 1 heterocycles. The van der Waals surface area contributed by atoms with Crippen LogP contribution in [0.25, 0.3) is 0 Å². The van der Waals surface area contributed by atoms with Crippen LogP contribution < -0.4 is 5.32 Å². The Labute approximate surface area is 119 Å². The molecule has 1 aromatic heterocycles. The summed E-state index contributed by atoms with van der Waals surface area (Å²) in [5.74, 6) is -1.57. The molecule has 5 nitrogen and oxygen atoms in total. The van der Waals surface area contributed by atoms with Crippen LogP contribution in [0.5, 0.6) is 0 Å². The molecule has 114 valence electrons. The molecule has 0 aliphatic carbocycles. The van der Waals surface area contributed by atoms with E-state index >= 15 is 0 Å². The second kappa shape index (κ2) is 6.92. The van der Waals surface area contributed by atoms with E-state index in [0.717, 1.165) is 12.5 Å². The predicted molar refractivity (Wildman–Crippen MR) is 68.5 cm³/mol. The van der Waals surface area contributed by atoms with Crippen molar-refractivity contribution >= 4 is 11.8 Å². The Hall–Kier alpha value is -2.30. The van der Waals surface area contributed by atoms with Crippen molar-refractivity contribution in [3.05, 3.63) is 23.4 Å². The van der Waals surface area contributed by atoms with Crippen LogP contribution in [0.4, 0.5) is 19.0 Å². The van der Waals surface area contributed by atoms with Crippen molar-refractivity contribution in [3.63, 3.8) is 0 Å². The number of rotatable bonds is 6. The van der Waals surface area contributed by atoms with Crippen LogP contribution in [-0.2, 0) is 11.0 Å². The average Bonchev–Trinajstić information content (AvgIpc) is 2.41. The minimum Gasteiger partial charge on any atom is -0.480 e.